The van der Waals surface area contributed by atoms with Crippen molar-refractivity contribution in [1.29, 1.82) is 0 Å². The molecule has 2 unspecified atom stereocenters. The molecule has 0 aromatic heterocycles. The highest BCUT2D eigenvalue weighted by atomic mass is 35.5. The Morgan fingerprint density at radius 2 is 0.962 bits per heavy atom. The minimum atomic E-state index is -0.959. The number of hydrogen-bond acceptors (Lipinski definition) is 4. The van der Waals surface area contributed by atoms with E-state index in [1.165, 1.54) is 0 Å². The molecule has 26 heavy (non-hydrogen) atoms. The third-order valence-corrected chi connectivity index (χ3v) is 3.23. The van der Waals surface area contributed by atoms with Gasteiger partial charge in [-0.2, -0.15) is 0 Å². The Balaban J connectivity index is 0. The molecule has 0 amide bonds. The summed E-state index contributed by atoms with van der Waals surface area (Å²) in [5.41, 5.74) is 12.6. The Labute approximate surface area is 165 Å². The summed E-state index contributed by atoms with van der Waals surface area (Å²) in [4.78, 5) is 20.8. The number of carbonyl (C=O) groups is 2. The summed E-state index contributed by atoms with van der Waals surface area (Å²) < 4.78 is 0. The summed E-state index contributed by atoms with van der Waals surface area (Å²) in [6.45, 7) is 0. The van der Waals surface area contributed by atoms with Gasteiger partial charge < -0.3 is 21.7 Å². The normalized spacial score (nSPS) is 11.5. The lowest BCUT2D eigenvalue weighted by molar-refractivity contribution is -0.139. The summed E-state index contributed by atoms with van der Waals surface area (Å²) in [5.74, 6) is -1.92. The van der Waals surface area contributed by atoms with Crippen LogP contribution in [-0.2, 0) is 22.4 Å². The highest BCUT2D eigenvalue weighted by Crippen LogP contribution is 2.02. The number of halogens is 2. The van der Waals surface area contributed by atoms with Gasteiger partial charge in [0.15, 0.2) is 0 Å². The molecule has 0 aliphatic carbocycles. The largest absolute Gasteiger partial charge is 0.480 e. The summed E-state index contributed by atoms with van der Waals surface area (Å²) in [6, 6.07) is 17.1. The number of rotatable bonds is 6. The van der Waals surface area contributed by atoms with Crippen molar-refractivity contribution in [3.05, 3.63) is 71.8 Å². The van der Waals surface area contributed by atoms with Crippen LogP contribution in [0.15, 0.2) is 60.7 Å². The summed E-state index contributed by atoms with van der Waals surface area (Å²) >= 11 is 0. The lowest BCUT2D eigenvalue weighted by atomic mass is 10.1. The highest BCUT2D eigenvalue weighted by Gasteiger charge is 2.11. The van der Waals surface area contributed by atoms with Crippen molar-refractivity contribution in [2.75, 3.05) is 0 Å². The molecule has 2 rings (SSSR count). The molecule has 6 nitrogen and oxygen atoms in total. The Kier molecular flexibility index (Phi) is 14.2. The van der Waals surface area contributed by atoms with Crippen molar-refractivity contribution < 1.29 is 19.8 Å². The molecule has 0 heterocycles. The molecule has 0 radical (unpaired) electrons. The van der Waals surface area contributed by atoms with Crippen LogP contribution in [-0.4, -0.2) is 34.2 Å². The monoisotopic (exact) mass is 402 g/mol. The van der Waals surface area contributed by atoms with Gasteiger partial charge in [-0.25, -0.2) is 0 Å². The zero-order chi connectivity index (χ0) is 17.9. The number of hydrogen-bond donors (Lipinski definition) is 4. The molecule has 6 N–H and O–H groups in total. The Hall–Kier alpha value is -2.12. The number of benzene rings is 2. The molecule has 8 heteroatoms. The predicted octanol–water partition coefficient (Wildman–Crippen LogP) is 2.13. The van der Waals surface area contributed by atoms with Crippen LogP contribution in [0.25, 0.3) is 0 Å². The van der Waals surface area contributed by atoms with Crippen LogP contribution in [0.4, 0.5) is 0 Å². The summed E-state index contributed by atoms with van der Waals surface area (Å²) in [7, 11) is 0. The van der Waals surface area contributed by atoms with E-state index in [0.717, 1.165) is 11.1 Å². The molecule has 2 aromatic rings. The van der Waals surface area contributed by atoms with Crippen molar-refractivity contribution in [3.8, 4) is 0 Å². The SMILES string of the molecule is Cl.Cl.NC(Cc1ccccc1)C(=O)O.NC(Cc1ccccc1)C(=O)O. The lowest BCUT2D eigenvalue weighted by Gasteiger charge is -2.04. The van der Waals surface area contributed by atoms with Crippen LogP contribution >= 0.6 is 24.8 Å². The summed E-state index contributed by atoms with van der Waals surface area (Å²) in [6.07, 6.45) is 0.770. The minimum Gasteiger partial charge on any atom is -0.480 e. The van der Waals surface area contributed by atoms with Crippen LogP contribution in [0.3, 0.4) is 0 Å². The maximum absolute atomic E-state index is 10.4. The van der Waals surface area contributed by atoms with Gasteiger partial charge in [-0.05, 0) is 24.0 Å². The second-order valence-corrected chi connectivity index (χ2v) is 5.27. The van der Waals surface area contributed by atoms with E-state index < -0.39 is 24.0 Å². The van der Waals surface area contributed by atoms with E-state index in [9.17, 15) is 9.59 Å². The van der Waals surface area contributed by atoms with E-state index >= 15 is 0 Å². The standard InChI is InChI=1S/2C9H11NO2.2ClH/c2*10-8(9(11)12)6-7-4-2-1-3-5-7;;/h2*1-5,8H,6,10H2,(H,11,12);2*1H. The molecular weight excluding hydrogens is 379 g/mol. The van der Waals surface area contributed by atoms with Crippen molar-refractivity contribution in [2.24, 2.45) is 11.5 Å². The predicted molar refractivity (Wildman–Crippen MR) is 106 cm³/mol. The molecule has 2 aromatic carbocycles. The fourth-order valence-electron chi connectivity index (χ4n) is 1.91. The van der Waals surface area contributed by atoms with Crippen LogP contribution < -0.4 is 11.5 Å². The molecule has 0 fully saturated rings. The van der Waals surface area contributed by atoms with E-state index in [4.69, 9.17) is 21.7 Å². The average molecular weight is 403 g/mol. The lowest BCUT2D eigenvalue weighted by Crippen LogP contribution is -2.32. The first-order valence-corrected chi connectivity index (χ1v) is 7.44. The fraction of sp³-hybridized carbons (Fsp3) is 0.222. The first-order valence-electron chi connectivity index (χ1n) is 7.44. The number of aliphatic carboxylic acids is 2. The van der Waals surface area contributed by atoms with Gasteiger partial charge in [0.05, 0.1) is 0 Å². The quantitative estimate of drug-likeness (QED) is 0.585. The maximum atomic E-state index is 10.4. The van der Waals surface area contributed by atoms with Crippen molar-refractivity contribution in [3.63, 3.8) is 0 Å². The van der Waals surface area contributed by atoms with Crippen LogP contribution in [0.5, 0.6) is 0 Å². The van der Waals surface area contributed by atoms with Crippen LogP contribution in [0.1, 0.15) is 11.1 Å². The zero-order valence-corrected chi connectivity index (χ0v) is 15.7. The van der Waals surface area contributed by atoms with Gasteiger partial charge in [0, 0.05) is 0 Å². The molecule has 0 saturated heterocycles. The first kappa shape index (κ1) is 26.1. The van der Waals surface area contributed by atoms with Crippen molar-refractivity contribution >= 4 is 36.8 Å². The number of nitrogens with two attached hydrogens (primary N) is 2. The van der Waals surface area contributed by atoms with Gasteiger partial charge >= 0.3 is 11.9 Å². The molecule has 0 saturated carbocycles. The maximum Gasteiger partial charge on any atom is 0.320 e. The zero-order valence-electron chi connectivity index (χ0n) is 14.0. The average Bonchev–Trinajstić information content (AvgIpc) is 2.57. The molecule has 0 aliphatic heterocycles. The van der Waals surface area contributed by atoms with Gasteiger partial charge in [0.1, 0.15) is 12.1 Å². The van der Waals surface area contributed by atoms with Gasteiger partial charge in [0.25, 0.3) is 0 Å². The second kappa shape index (κ2) is 14.1. The topological polar surface area (TPSA) is 127 Å². The van der Waals surface area contributed by atoms with Crippen LogP contribution in [0, 0.1) is 0 Å². The first-order chi connectivity index (χ1) is 11.4. The molecular formula is C18H24Cl2N2O4. The smallest absolute Gasteiger partial charge is 0.320 e. The van der Waals surface area contributed by atoms with E-state index in [-0.39, 0.29) is 24.8 Å². The third kappa shape index (κ3) is 10.7. The number of carboxylic acids is 2. The molecule has 0 spiro atoms. The molecule has 2 atom stereocenters. The van der Waals surface area contributed by atoms with Gasteiger partial charge in [-0.15, -0.1) is 24.8 Å². The van der Waals surface area contributed by atoms with E-state index in [1.54, 1.807) is 0 Å². The number of carboxylic acid groups (broad SMARTS) is 2. The second-order valence-electron chi connectivity index (χ2n) is 5.27. The van der Waals surface area contributed by atoms with Gasteiger partial charge in [0.2, 0.25) is 0 Å². The molecule has 0 bridgehead atoms. The third-order valence-electron chi connectivity index (χ3n) is 3.23. The van der Waals surface area contributed by atoms with Gasteiger partial charge in [-0.3, -0.25) is 9.59 Å². The van der Waals surface area contributed by atoms with Crippen molar-refractivity contribution in [1.82, 2.24) is 0 Å². The van der Waals surface area contributed by atoms with Crippen molar-refractivity contribution in [2.45, 2.75) is 24.9 Å². The van der Waals surface area contributed by atoms with E-state index in [0.29, 0.717) is 12.8 Å². The van der Waals surface area contributed by atoms with Crippen LogP contribution in [0.2, 0.25) is 0 Å². The highest BCUT2D eigenvalue weighted by molar-refractivity contribution is 5.85. The summed E-state index contributed by atoms with van der Waals surface area (Å²) in [5, 5.41) is 17.0. The molecule has 144 valence electrons. The Morgan fingerprint density at radius 1 is 0.692 bits per heavy atom. The Morgan fingerprint density at radius 3 is 1.19 bits per heavy atom. The molecule has 0 aliphatic rings. The van der Waals surface area contributed by atoms with E-state index in [2.05, 4.69) is 0 Å². The van der Waals surface area contributed by atoms with E-state index in [1.807, 2.05) is 60.7 Å². The Bertz CT molecular complexity index is 585. The minimum absolute atomic E-state index is 0. The fourth-order valence-corrected chi connectivity index (χ4v) is 1.91. The van der Waals surface area contributed by atoms with Gasteiger partial charge in [-0.1, -0.05) is 60.7 Å².